The molecular formula is C22H23N3O4S. The van der Waals surface area contributed by atoms with Crippen molar-refractivity contribution in [1.82, 2.24) is 10.1 Å². The van der Waals surface area contributed by atoms with Crippen molar-refractivity contribution in [2.45, 2.75) is 25.9 Å². The quantitative estimate of drug-likeness (QED) is 0.456. The molecule has 2 heterocycles. The summed E-state index contributed by atoms with van der Waals surface area (Å²) in [7, 11) is 1.63. The first-order chi connectivity index (χ1) is 14.6. The van der Waals surface area contributed by atoms with Gasteiger partial charge in [-0.2, -0.15) is 4.98 Å². The molecule has 4 rings (SSSR count). The molecule has 1 unspecified atom stereocenters. The van der Waals surface area contributed by atoms with E-state index in [1.807, 2.05) is 36.6 Å². The number of thioether (sulfide) groups is 1. The van der Waals surface area contributed by atoms with Crippen LogP contribution in [0.2, 0.25) is 0 Å². The van der Waals surface area contributed by atoms with Crippen molar-refractivity contribution in [2.75, 3.05) is 20.2 Å². The van der Waals surface area contributed by atoms with Crippen molar-refractivity contribution in [1.29, 1.82) is 5.41 Å². The smallest absolute Gasteiger partial charge is 0.223 e. The Morgan fingerprint density at radius 2 is 2.07 bits per heavy atom. The van der Waals surface area contributed by atoms with Crippen molar-refractivity contribution in [3.8, 4) is 22.9 Å². The number of hydrogen-bond acceptors (Lipinski definition) is 8. The summed E-state index contributed by atoms with van der Waals surface area (Å²) >= 11 is 1.45. The first-order valence-electron chi connectivity index (χ1n) is 9.52. The van der Waals surface area contributed by atoms with Gasteiger partial charge in [0, 0.05) is 24.0 Å². The molecular weight excluding hydrogens is 402 g/mol. The molecule has 0 fully saturated rings. The van der Waals surface area contributed by atoms with Crippen LogP contribution in [0.5, 0.6) is 11.5 Å². The molecule has 0 radical (unpaired) electrons. The number of methoxy groups -OCH3 is 1. The Morgan fingerprint density at radius 3 is 2.73 bits per heavy atom. The van der Waals surface area contributed by atoms with E-state index in [2.05, 4.69) is 16.2 Å². The number of ether oxygens (including phenoxy) is 3. The zero-order valence-corrected chi connectivity index (χ0v) is 17.9. The van der Waals surface area contributed by atoms with Crippen molar-refractivity contribution >= 4 is 16.8 Å². The van der Waals surface area contributed by atoms with E-state index in [0.717, 1.165) is 28.0 Å². The minimum atomic E-state index is -0.0978. The van der Waals surface area contributed by atoms with E-state index in [1.54, 1.807) is 14.0 Å². The maximum Gasteiger partial charge on any atom is 0.223 e. The molecule has 1 N–H and O–H groups in total. The van der Waals surface area contributed by atoms with Gasteiger partial charge in [0.1, 0.15) is 0 Å². The third kappa shape index (κ3) is 4.20. The molecule has 0 bridgehead atoms. The van der Waals surface area contributed by atoms with E-state index in [4.69, 9.17) is 24.1 Å². The van der Waals surface area contributed by atoms with Gasteiger partial charge in [0.15, 0.2) is 18.3 Å². The lowest BCUT2D eigenvalue weighted by molar-refractivity contribution is -0.0180. The second kappa shape index (κ2) is 8.89. The van der Waals surface area contributed by atoms with Crippen LogP contribution < -0.4 is 9.47 Å². The van der Waals surface area contributed by atoms with E-state index in [0.29, 0.717) is 35.5 Å². The van der Waals surface area contributed by atoms with E-state index < -0.39 is 0 Å². The Bertz CT molecular complexity index is 1030. The van der Waals surface area contributed by atoms with Crippen molar-refractivity contribution < 1.29 is 18.7 Å². The van der Waals surface area contributed by atoms with Crippen LogP contribution in [0.1, 0.15) is 28.5 Å². The first-order valence-corrected chi connectivity index (χ1v) is 10.7. The van der Waals surface area contributed by atoms with Crippen LogP contribution in [-0.2, 0) is 17.8 Å². The van der Waals surface area contributed by atoms with Crippen LogP contribution in [-0.4, -0.2) is 35.3 Å². The van der Waals surface area contributed by atoms with Crippen molar-refractivity contribution in [2.24, 2.45) is 0 Å². The Kier molecular flexibility index (Phi) is 6.06. The zero-order valence-electron chi connectivity index (χ0n) is 17.1. The highest BCUT2D eigenvalue weighted by Gasteiger charge is 2.24. The average molecular weight is 426 g/mol. The molecule has 1 atom stereocenters. The van der Waals surface area contributed by atoms with Gasteiger partial charge in [-0.15, -0.1) is 11.8 Å². The second-order valence-electron chi connectivity index (χ2n) is 6.98. The van der Waals surface area contributed by atoms with Crippen LogP contribution in [0.3, 0.4) is 0 Å². The fourth-order valence-electron chi connectivity index (χ4n) is 3.51. The SMILES string of the molecule is COc1cc(C(Cc2ccc(-c3noc(C)n3)cc2)C(=N)SC)cc2c1OCOC2. The largest absolute Gasteiger partial charge is 0.493 e. The Labute approximate surface area is 179 Å². The van der Waals surface area contributed by atoms with Gasteiger partial charge >= 0.3 is 0 Å². The number of hydrogen-bond donors (Lipinski definition) is 1. The van der Waals surface area contributed by atoms with Gasteiger partial charge in [-0.1, -0.05) is 29.4 Å². The Hall–Kier alpha value is -2.84. The van der Waals surface area contributed by atoms with Gasteiger partial charge < -0.3 is 18.7 Å². The molecule has 0 amide bonds. The van der Waals surface area contributed by atoms with Crippen molar-refractivity contribution in [3.63, 3.8) is 0 Å². The molecule has 0 aliphatic carbocycles. The highest BCUT2D eigenvalue weighted by Crippen LogP contribution is 2.39. The Balaban J connectivity index is 1.63. The maximum atomic E-state index is 8.56. The number of nitrogens with zero attached hydrogens (tertiary/aromatic N) is 2. The molecule has 0 saturated carbocycles. The predicted molar refractivity (Wildman–Crippen MR) is 115 cm³/mol. The molecule has 2 aromatic carbocycles. The Morgan fingerprint density at radius 1 is 1.27 bits per heavy atom. The highest BCUT2D eigenvalue weighted by atomic mass is 32.2. The summed E-state index contributed by atoms with van der Waals surface area (Å²) in [5.41, 5.74) is 3.97. The molecule has 1 aliphatic rings. The normalized spacial score (nSPS) is 14.0. The van der Waals surface area contributed by atoms with Gasteiger partial charge in [-0.05, 0) is 35.9 Å². The summed E-state index contributed by atoms with van der Waals surface area (Å²) in [5, 5.41) is 13.1. The van der Waals surface area contributed by atoms with E-state index in [9.17, 15) is 0 Å². The first kappa shape index (κ1) is 20.4. The minimum Gasteiger partial charge on any atom is -0.493 e. The summed E-state index contributed by atoms with van der Waals surface area (Å²) in [5.74, 6) is 2.41. The minimum absolute atomic E-state index is 0.0978. The molecule has 1 aromatic heterocycles. The third-order valence-corrected chi connectivity index (χ3v) is 5.76. The molecule has 30 heavy (non-hydrogen) atoms. The van der Waals surface area contributed by atoms with Crippen LogP contribution in [0.4, 0.5) is 0 Å². The number of benzene rings is 2. The number of fused-ring (bicyclic) bond motifs is 1. The molecule has 7 nitrogen and oxygen atoms in total. The van der Waals surface area contributed by atoms with Gasteiger partial charge in [-0.3, -0.25) is 5.41 Å². The van der Waals surface area contributed by atoms with E-state index in [1.165, 1.54) is 11.8 Å². The number of aromatic nitrogens is 2. The maximum absolute atomic E-state index is 8.56. The van der Waals surface area contributed by atoms with Crippen LogP contribution >= 0.6 is 11.8 Å². The summed E-state index contributed by atoms with van der Waals surface area (Å²) < 4.78 is 21.7. The lowest BCUT2D eigenvalue weighted by Gasteiger charge is -2.24. The second-order valence-corrected chi connectivity index (χ2v) is 7.83. The third-order valence-electron chi connectivity index (χ3n) is 5.04. The number of aryl methyl sites for hydroxylation is 1. The number of nitrogens with one attached hydrogen (secondary N) is 1. The molecule has 156 valence electrons. The zero-order chi connectivity index (χ0) is 21.1. The average Bonchev–Trinajstić information content (AvgIpc) is 3.22. The monoisotopic (exact) mass is 425 g/mol. The van der Waals surface area contributed by atoms with Crippen LogP contribution in [0, 0.1) is 12.3 Å². The molecule has 3 aromatic rings. The van der Waals surface area contributed by atoms with Crippen LogP contribution in [0.15, 0.2) is 40.9 Å². The molecule has 0 spiro atoms. The van der Waals surface area contributed by atoms with Gasteiger partial charge in [0.05, 0.1) is 18.8 Å². The molecule has 0 saturated heterocycles. The van der Waals surface area contributed by atoms with Gasteiger partial charge in [0.25, 0.3) is 0 Å². The van der Waals surface area contributed by atoms with Crippen LogP contribution in [0.25, 0.3) is 11.4 Å². The lowest BCUT2D eigenvalue weighted by Crippen LogP contribution is -2.16. The summed E-state index contributed by atoms with van der Waals surface area (Å²) in [6.07, 6.45) is 2.62. The van der Waals surface area contributed by atoms with Crippen molar-refractivity contribution in [3.05, 3.63) is 59.0 Å². The summed E-state index contributed by atoms with van der Waals surface area (Å²) in [6.45, 7) is 2.46. The predicted octanol–water partition coefficient (Wildman–Crippen LogP) is 4.59. The summed E-state index contributed by atoms with van der Waals surface area (Å²) in [6, 6.07) is 12.1. The van der Waals surface area contributed by atoms with Gasteiger partial charge in [0.2, 0.25) is 11.7 Å². The fourth-order valence-corrected chi connectivity index (χ4v) is 4.01. The molecule has 1 aliphatic heterocycles. The number of rotatable bonds is 6. The topological polar surface area (TPSA) is 90.5 Å². The molecule has 8 heteroatoms. The summed E-state index contributed by atoms with van der Waals surface area (Å²) in [4.78, 5) is 4.27. The highest BCUT2D eigenvalue weighted by molar-refractivity contribution is 8.13. The fraction of sp³-hybridized carbons (Fsp3) is 0.318. The van der Waals surface area contributed by atoms with E-state index in [-0.39, 0.29) is 12.7 Å². The van der Waals surface area contributed by atoms with E-state index >= 15 is 0 Å². The standard InChI is InChI=1S/C22H23N3O4S/c1-13-24-22(25-29-13)15-6-4-14(5-7-15)8-18(21(23)30-3)16-9-17-11-27-12-28-20(17)19(10-16)26-2/h4-7,9-10,18,23H,8,11-12H2,1-3H3. The lowest BCUT2D eigenvalue weighted by atomic mass is 9.90. The van der Waals surface area contributed by atoms with Gasteiger partial charge in [-0.25, -0.2) is 0 Å².